The molecule has 1 unspecified atom stereocenters. The number of hydrogen-bond acceptors (Lipinski definition) is 3. The lowest BCUT2D eigenvalue weighted by Gasteiger charge is -2.22. The van der Waals surface area contributed by atoms with Gasteiger partial charge in [0.2, 0.25) is 0 Å². The number of rotatable bonds is 4. The Morgan fingerprint density at radius 1 is 1.24 bits per heavy atom. The van der Waals surface area contributed by atoms with E-state index in [-0.39, 0.29) is 6.04 Å². The van der Waals surface area contributed by atoms with Crippen LogP contribution in [0.4, 0.5) is 0 Å². The fourth-order valence-electron chi connectivity index (χ4n) is 3.08. The van der Waals surface area contributed by atoms with Gasteiger partial charge in [0.15, 0.2) is 0 Å². The zero-order valence-corrected chi connectivity index (χ0v) is 14.0. The van der Waals surface area contributed by atoms with Crippen molar-refractivity contribution in [1.29, 1.82) is 0 Å². The van der Waals surface area contributed by atoms with Crippen molar-refractivity contribution in [1.82, 2.24) is 15.2 Å². The third-order valence-corrected chi connectivity index (χ3v) is 4.44. The first kappa shape index (κ1) is 16.0. The van der Waals surface area contributed by atoms with Crippen molar-refractivity contribution >= 4 is 11.6 Å². The summed E-state index contributed by atoms with van der Waals surface area (Å²) in [6.07, 6.45) is 0.706. The van der Waals surface area contributed by atoms with E-state index in [1.165, 1.54) is 22.3 Å². The number of benzene rings is 1. The standard InChI is InChI=1S/C16H23ClN4/c1-9-6-10(2)15(11(3)7-9)13(19-18)8-14-16(17)12(4)20-21(14)5/h6-7,13,19H,8,18H2,1-5H3. The van der Waals surface area contributed by atoms with Gasteiger partial charge in [-0.1, -0.05) is 29.3 Å². The van der Waals surface area contributed by atoms with E-state index in [9.17, 15) is 0 Å². The van der Waals surface area contributed by atoms with E-state index < -0.39 is 0 Å². The van der Waals surface area contributed by atoms with Gasteiger partial charge in [-0.2, -0.15) is 5.10 Å². The van der Waals surface area contributed by atoms with Crippen molar-refractivity contribution in [2.45, 2.75) is 40.2 Å². The average Bonchev–Trinajstić information content (AvgIpc) is 2.62. The van der Waals surface area contributed by atoms with E-state index >= 15 is 0 Å². The van der Waals surface area contributed by atoms with Crippen molar-refractivity contribution < 1.29 is 0 Å². The van der Waals surface area contributed by atoms with E-state index in [0.717, 1.165) is 16.4 Å². The highest BCUT2D eigenvalue weighted by atomic mass is 35.5. The lowest BCUT2D eigenvalue weighted by Crippen LogP contribution is -2.31. The van der Waals surface area contributed by atoms with Crippen LogP contribution in [-0.2, 0) is 13.5 Å². The van der Waals surface area contributed by atoms with Crippen LogP contribution in [0.15, 0.2) is 12.1 Å². The fraction of sp³-hybridized carbons (Fsp3) is 0.438. The zero-order chi connectivity index (χ0) is 15.7. The number of hydrogen-bond donors (Lipinski definition) is 2. The number of aromatic nitrogens is 2. The second-order valence-corrected chi connectivity index (χ2v) is 6.08. The van der Waals surface area contributed by atoms with Crippen molar-refractivity contribution in [2.24, 2.45) is 12.9 Å². The number of nitrogens with one attached hydrogen (secondary N) is 1. The normalized spacial score (nSPS) is 12.7. The summed E-state index contributed by atoms with van der Waals surface area (Å²) in [7, 11) is 1.91. The molecule has 1 heterocycles. The molecule has 2 aromatic rings. The maximum absolute atomic E-state index is 6.36. The molecule has 2 rings (SSSR count). The third-order valence-electron chi connectivity index (χ3n) is 3.95. The van der Waals surface area contributed by atoms with Crippen LogP contribution >= 0.6 is 11.6 Å². The second-order valence-electron chi connectivity index (χ2n) is 5.71. The molecule has 1 aromatic heterocycles. The van der Waals surface area contributed by atoms with Crippen LogP contribution in [-0.4, -0.2) is 9.78 Å². The molecule has 0 spiro atoms. The number of aryl methyl sites for hydroxylation is 5. The van der Waals surface area contributed by atoms with E-state index in [0.29, 0.717) is 6.42 Å². The van der Waals surface area contributed by atoms with Crippen LogP contribution in [0.1, 0.15) is 39.7 Å². The predicted octanol–water partition coefficient (Wildman–Crippen LogP) is 3.05. The van der Waals surface area contributed by atoms with E-state index in [1.54, 1.807) is 0 Å². The maximum Gasteiger partial charge on any atom is 0.0847 e. The Morgan fingerprint density at radius 2 is 1.81 bits per heavy atom. The molecular weight excluding hydrogens is 284 g/mol. The summed E-state index contributed by atoms with van der Waals surface area (Å²) in [5.74, 6) is 5.81. The fourth-order valence-corrected chi connectivity index (χ4v) is 3.32. The smallest absolute Gasteiger partial charge is 0.0847 e. The predicted molar refractivity (Wildman–Crippen MR) is 87.4 cm³/mol. The lowest BCUT2D eigenvalue weighted by atomic mass is 9.92. The van der Waals surface area contributed by atoms with Gasteiger partial charge in [-0.25, -0.2) is 0 Å². The molecule has 1 atom stereocenters. The monoisotopic (exact) mass is 306 g/mol. The van der Waals surface area contributed by atoms with E-state index in [4.69, 9.17) is 17.4 Å². The minimum atomic E-state index is 0.0119. The molecule has 0 saturated heterocycles. The summed E-state index contributed by atoms with van der Waals surface area (Å²) in [6, 6.07) is 4.38. The Labute approximate surface area is 131 Å². The zero-order valence-electron chi connectivity index (χ0n) is 13.3. The van der Waals surface area contributed by atoms with Crippen LogP contribution < -0.4 is 11.3 Å². The molecule has 0 bridgehead atoms. The first-order valence-electron chi connectivity index (χ1n) is 7.07. The molecule has 3 N–H and O–H groups in total. The summed E-state index contributed by atoms with van der Waals surface area (Å²) in [5, 5.41) is 5.09. The highest BCUT2D eigenvalue weighted by molar-refractivity contribution is 6.31. The average molecular weight is 307 g/mol. The number of nitrogens with two attached hydrogens (primary N) is 1. The summed E-state index contributed by atoms with van der Waals surface area (Å²) in [5.41, 5.74) is 9.76. The van der Waals surface area contributed by atoms with Gasteiger partial charge in [-0.05, 0) is 44.4 Å². The van der Waals surface area contributed by atoms with Gasteiger partial charge in [0.05, 0.1) is 22.5 Å². The highest BCUT2D eigenvalue weighted by Crippen LogP contribution is 2.29. The summed E-state index contributed by atoms with van der Waals surface area (Å²) >= 11 is 6.36. The minimum absolute atomic E-state index is 0.0119. The Morgan fingerprint density at radius 3 is 2.24 bits per heavy atom. The van der Waals surface area contributed by atoms with Crippen molar-refractivity contribution in [3.05, 3.63) is 50.8 Å². The quantitative estimate of drug-likeness (QED) is 0.674. The summed E-state index contributed by atoms with van der Waals surface area (Å²) < 4.78 is 1.83. The topological polar surface area (TPSA) is 55.9 Å². The van der Waals surface area contributed by atoms with Crippen LogP contribution in [0.25, 0.3) is 0 Å². The van der Waals surface area contributed by atoms with E-state index in [1.807, 2.05) is 18.7 Å². The Hall–Kier alpha value is -1.36. The molecule has 0 radical (unpaired) electrons. The molecule has 0 saturated carbocycles. The molecule has 0 aliphatic rings. The molecular formula is C16H23ClN4. The lowest BCUT2D eigenvalue weighted by molar-refractivity contribution is 0.525. The maximum atomic E-state index is 6.36. The van der Waals surface area contributed by atoms with Crippen LogP contribution in [0.2, 0.25) is 5.02 Å². The Balaban J connectivity index is 2.41. The Bertz CT molecular complexity index is 638. The van der Waals surface area contributed by atoms with Gasteiger partial charge in [0.25, 0.3) is 0 Å². The molecule has 114 valence electrons. The molecule has 4 nitrogen and oxygen atoms in total. The molecule has 0 aliphatic carbocycles. The molecule has 5 heteroatoms. The van der Waals surface area contributed by atoms with Gasteiger partial charge in [-0.3, -0.25) is 16.0 Å². The molecule has 1 aromatic carbocycles. The van der Waals surface area contributed by atoms with Crippen LogP contribution in [0.3, 0.4) is 0 Å². The SMILES string of the molecule is Cc1cc(C)c(C(Cc2c(Cl)c(C)nn2C)NN)c(C)c1. The Kier molecular flexibility index (Phi) is 4.71. The number of halogens is 1. The van der Waals surface area contributed by atoms with Gasteiger partial charge >= 0.3 is 0 Å². The van der Waals surface area contributed by atoms with Crippen LogP contribution in [0.5, 0.6) is 0 Å². The number of nitrogens with zero attached hydrogens (tertiary/aromatic N) is 2. The minimum Gasteiger partial charge on any atom is -0.271 e. The summed E-state index contributed by atoms with van der Waals surface area (Å²) in [4.78, 5) is 0. The summed E-state index contributed by atoms with van der Waals surface area (Å²) in [6.45, 7) is 8.26. The first-order valence-corrected chi connectivity index (χ1v) is 7.44. The number of hydrazine groups is 1. The molecule has 21 heavy (non-hydrogen) atoms. The molecule has 0 aliphatic heterocycles. The molecule has 0 amide bonds. The van der Waals surface area contributed by atoms with Gasteiger partial charge < -0.3 is 0 Å². The van der Waals surface area contributed by atoms with Gasteiger partial charge in [-0.15, -0.1) is 0 Å². The third kappa shape index (κ3) is 3.12. The molecule has 0 fully saturated rings. The first-order chi connectivity index (χ1) is 9.85. The van der Waals surface area contributed by atoms with Crippen LogP contribution in [0, 0.1) is 27.7 Å². The van der Waals surface area contributed by atoms with Gasteiger partial charge in [0.1, 0.15) is 0 Å². The van der Waals surface area contributed by atoms with Crippen molar-refractivity contribution in [3.63, 3.8) is 0 Å². The highest BCUT2D eigenvalue weighted by Gasteiger charge is 2.20. The van der Waals surface area contributed by atoms with E-state index in [2.05, 4.69) is 43.4 Å². The van der Waals surface area contributed by atoms with Crippen molar-refractivity contribution in [3.8, 4) is 0 Å². The van der Waals surface area contributed by atoms with Crippen molar-refractivity contribution in [2.75, 3.05) is 0 Å². The largest absolute Gasteiger partial charge is 0.271 e. The second kappa shape index (κ2) is 6.18. The van der Waals surface area contributed by atoms with Gasteiger partial charge in [0, 0.05) is 13.5 Å².